The highest BCUT2D eigenvalue weighted by atomic mass is 19.3. The molecule has 0 aliphatic carbocycles. The summed E-state index contributed by atoms with van der Waals surface area (Å²) in [6.45, 7) is 4.29. The van der Waals surface area contributed by atoms with Crippen molar-refractivity contribution in [3.63, 3.8) is 0 Å². The van der Waals surface area contributed by atoms with E-state index in [0.717, 1.165) is 6.07 Å². The second kappa shape index (κ2) is 7.33. The minimum Gasteiger partial charge on any atom is -0.432 e. The summed E-state index contributed by atoms with van der Waals surface area (Å²) in [4.78, 5) is 1.80. The lowest BCUT2D eigenvalue weighted by molar-refractivity contribution is -0.0521. The first-order valence-corrected chi connectivity index (χ1v) is 8.82. The van der Waals surface area contributed by atoms with Gasteiger partial charge in [0.25, 0.3) is 0 Å². The van der Waals surface area contributed by atoms with Crippen molar-refractivity contribution < 1.29 is 22.3 Å². The molecule has 0 fully saturated rings. The smallest absolute Gasteiger partial charge is 0.387 e. The maximum Gasteiger partial charge on any atom is 0.387 e. The summed E-state index contributed by atoms with van der Waals surface area (Å²) in [7, 11) is 0. The fraction of sp³-hybridized carbons (Fsp3) is 0.350. The number of halogens is 4. The van der Waals surface area contributed by atoms with Gasteiger partial charge >= 0.3 is 6.61 Å². The first kappa shape index (κ1) is 20.0. The van der Waals surface area contributed by atoms with E-state index in [-0.39, 0.29) is 5.52 Å². The number of hydrogen-bond acceptors (Lipinski definition) is 3. The van der Waals surface area contributed by atoms with Gasteiger partial charge < -0.3 is 9.64 Å². The van der Waals surface area contributed by atoms with Crippen molar-refractivity contribution in [2.45, 2.75) is 46.3 Å². The van der Waals surface area contributed by atoms with Gasteiger partial charge in [-0.2, -0.15) is 13.9 Å². The Labute approximate surface area is 160 Å². The number of nitrogens with zero attached hydrogens (tertiary/aromatic N) is 2. The minimum atomic E-state index is -3.15. The van der Waals surface area contributed by atoms with E-state index in [9.17, 15) is 17.6 Å². The monoisotopic (exact) mass is 395 g/mol. The van der Waals surface area contributed by atoms with Crippen LogP contribution in [0.25, 0.3) is 10.9 Å². The summed E-state index contributed by atoms with van der Waals surface area (Å²) < 4.78 is 58.4. The van der Waals surface area contributed by atoms with Crippen LogP contribution in [-0.2, 0) is 0 Å². The van der Waals surface area contributed by atoms with E-state index in [1.807, 2.05) is 20.8 Å². The minimum absolute atomic E-state index is 0.288. The molecular weight excluding hydrogens is 374 g/mol. The van der Waals surface area contributed by atoms with Gasteiger partial charge in [-0.25, -0.2) is 8.78 Å². The third-order valence-corrected chi connectivity index (χ3v) is 4.99. The van der Waals surface area contributed by atoms with Crippen LogP contribution in [0.3, 0.4) is 0 Å². The molecule has 4 nitrogen and oxygen atoms in total. The second-order valence-electron chi connectivity index (χ2n) is 7.16. The molecule has 3 aromatic rings. The number of nitrogens with one attached hydrogen (secondary N) is 1. The van der Waals surface area contributed by atoms with Crippen molar-refractivity contribution >= 4 is 22.3 Å². The van der Waals surface area contributed by atoms with Gasteiger partial charge in [0.05, 0.1) is 6.20 Å². The van der Waals surface area contributed by atoms with Crippen LogP contribution in [0.4, 0.5) is 28.9 Å². The van der Waals surface area contributed by atoms with Crippen molar-refractivity contribution in [2.24, 2.45) is 0 Å². The summed E-state index contributed by atoms with van der Waals surface area (Å²) in [5.41, 5.74) is 1.06. The van der Waals surface area contributed by atoms with Gasteiger partial charge in [-0.1, -0.05) is 6.92 Å². The number of benzene rings is 2. The number of anilines is 2. The van der Waals surface area contributed by atoms with Crippen molar-refractivity contribution in [1.82, 2.24) is 10.2 Å². The van der Waals surface area contributed by atoms with E-state index in [1.165, 1.54) is 18.3 Å². The van der Waals surface area contributed by atoms with Gasteiger partial charge in [0.1, 0.15) is 5.52 Å². The number of aromatic amines is 1. The first-order valence-electron chi connectivity index (χ1n) is 8.82. The van der Waals surface area contributed by atoms with Crippen molar-refractivity contribution in [2.75, 3.05) is 4.90 Å². The standard InChI is InChI=1S/C20H21F4N3O/c1-5-20(3,4)27(13-6-7-14(21)16(9-13)28-19(23)24)15-8-12-10-25-26-18(12)17(22)11(15)2/h6-10,19H,5H2,1-4H3,(H,25,26). The van der Waals surface area contributed by atoms with Gasteiger partial charge in [-0.3, -0.25) is 5.10 Å². The lowest BCUT2D eigenvalue weighted by Gasteiger charge is -2.41. The zero-order valence-electron chi connectivity index (χ0n) is 16.0. The molecule has 1 aromatic heterocycles. The van der Waals surface area contributed by atoms with E-state index >= 15 is 0 Å². The normalized spacial score (nSPS) is 12.0. The number of hydrogen-bond donors (Lipinski definition) is 1. The highest BCUT2D eigenvalue weighted by Gasteiger charge is 2.30. The molecule has 0 radical (unpaired) electrons. The first-order chi connectivity index (χ1) is 13.2. The molecule has 0 spiro atoms. The lowest BCUT2D eigenvalue weighted by Crippen LogP contribution is -2.40. The Hall–Kier alpha value is -2.77. The van der Waals surface area contributed by atoms with Gasteiger partial charge in [-0.05, 0) is 45.4 Å². The molecule has 0 saturated carbocycles. The number of fused-ring (bicyclic) bond motifs is 1. The molecule has 0 saturated heterocycles. The average Bonchev–Trinajstić information content (AvgIpc) is 3.10. The zero-order valence-corrected chi connectivity index (χ0v) is 16.0. The van der Waals surface area contributed by atoms with Crippen molar-refractivity contribution in [3.05, 3.63) is 47.7 Å². The molecule has 0 atom stereocenters. The molecule has 2 aromatic carbocycles. The summed E-state index contributed by atoms with van der Waals surface area (Å²) in [5.74, 6) is -1.91. The van der Waals surface area contributed by atoms with E-state index in [1.54, 1.807) is 17.9 Å². The van der Waals surface area contributed by atoms with Crippen LogP contribution in [0.15, 0.2) is 30.5 Å². The van der Waals surface area contributed by atoms with Gasteiger partial charge in [0, 0.05) is 33.9 Å². The molecule has 1 heterocycles. The Morgan fingerprint density at radius 2 is 1.93 bits per heavy atom. The van der Waals surface area contributed by atoms with Crippen LogP contribution in [-0.4, -0.2) is 22.3 Å². The highest BCUT2D eigenvalue weighted by molar-refractivity contribution is 5.86. The fourth-order valence-electron chi connectivity index (χ4n) is 3.16. The molecule has 0 aliphatic heterocycles. The van der Waals surface area contributed by atoms with Crippen LogP contribution < -0.4 is 9.64 Å². The average molecular weight is 395 g/mol. The molecule has 3 rings (SSSR count). The number of H-pyrrole nitrogens is 1. The quantitative estimate of drug-likeness (QED) is 0.515. The van der Waals surface area contributed by atoms with E-state index in [2.05, 4.69) is 14.9 Å². The summed E-state index contributed by atoms with van der Waals surface area (Å²) in [5, 5.41) is 7.08. The van der Waals surface area contributed by atoms with Crippen LogP contribution in [0.1, 0.15) is 32.8 Å². The summed E-state index contributed by atoms with van der Waals surface area (Å²) in [6, 6.07) is 5.50. The molecule has 28 heavy (non-hydrogen) atoms. The highest BCUT2D eigenvalue weighted by Crippen LogP contribution is 2.41. The van der Waals surface area contributed by atoms with E-state index < -0.39 is 29.5 Å². The Bertz CT molecular complexity index is 1000. The maximum absolute atomic E-state index is 14.9. The predicted molar refractivity (Wildman–Crippen MR) is 100 cm³/mol. The molecule has 0 amide bonds. The molecule has 0 bridgehead atoms. The van der Waals surface area contributed by atoms with Gasteiger partial charge in [-0.15, -0.1) is 0 Å². The molecule has 1 N–H and O–H groups in total. The van der Waals surface area contributed by atoms with Gasteiger partial charge in [0.2, 0.25) is 0 Å². The van der Waals surface area contributed by atoms with Crippen LogP contribution in [0.2, 0.25) is 0 Å². The van der Waals surface area contributed by atoms with E-state index in [0.29, 0.717) is 28.7 Å². The SMILES string of the molecule is CCC(C)(C)N(c1ccc(F)c(OC(F)F)c1)c1cc2cn[nH]c2c(F)c1C. The Morgan fingerprint density at radius 1 is 1.21 bits per heavy atom. The lowest BCUT2D eigenvalue weighted by atomic mass is 9.95. The Morgan fingerprint density at radius 3 is 2.57 bits per heavy atom. The topological polar surface area (TPSA) is 41.1 Å². The third-order valence-electron chi connectivity index (χ3n) is 4.99. The fourth-order valence-corrected chi connectivity index (χ4v) is 3.16. The molecular formula is C20H21F4N3O. The molecule has 8 heteroatoms. The Balaban J connectivity index is 2.24. The number of aromatic nitrogens is 2. The second-order valence-corrected chi connectivity index (χ2v) is 7.16. The van der Waals surface area contributed by atoms with Crippen molar-refractivity contribution in [1.29, 1.82) is 0 Å². The molecule has 0 aliphatic rings. The van der Waals surface area contributed by atoms with Gasteiger partial charge in [0.15, 0.2) is 17.4 Å². The number of alkyl halides is 2. The Kier molecular flexibility index (Phi) is 5.23. The van der Waals surface area contributed by atoms with Crippen LogP contribution >= 0.6 is 0 Å². The summed E-state index contributed by atoms with van der Waals surface area (Å²) in [6.07, 6.45) is 2.16. The van der Waals surface area contributed by atoms with Crippen LogP contribution in [0.5, 0.6) is 5.75 Å². The largest absolute Gasteiger partial charge is 0.432 e. The maximum atomic E-state index is 14.9. The number of ether oxygens (including phenoxy) is 1. The molecule has 0 unspecified atom stereocenters. The van der Waals surface area contributed by atoms with Crippen LogP contribution in [0, 0.1) is 18.6 Å². The zero-order chi connectivity index (χ0) is 20.6. The number of rotatable bonds is 6. The molecule has 150 valence electrons. The third kappa shape index (κ3) is 3.50. The summed E-state index contributed by atoms with van der Waals surface area (Å²) >= 11 is 0. The van der Waals surface area contributed by atoms with Crippen molar-refractivity contribution in [3.8, 4) is 5.75 Å². The van der Waals surface area contributed by atoms with E-state index in [4.69, 9.17) is 0 Å². The predicted octanol–water partition coefficient (Wildman–Crippen LogP) is 6.08.